The maximum atomic E-state index is 10.8. The highest BCUT2D eigenvalue weighted by atomic mass is 79.9. The number of amides is 1. The van der Waals surface area contributed by atoms with Crippen LogP contribution in [0.1, 0.15) is 36.8 Å². The Morgan fingerprint density at radius 2 is 2.38 bits per heavy atom. The highest BCUT2D eigenvalue weighted by molar-refractivity contribution is 9.10. The van der Waals surface area contributed by atoms with Gasteiger partial charge >= 0.3 is 0 Å². The fraction of sp³-hybridized carbons (Fsp3) is 0.462. The highest BCUT2D eigenvalue weighted by Gasteiger charge is 2.21. The van der Waals surface area contributed by atoms with Crippen molar-refractivity contribution in [2.45, 2.75) is 32.1 Å². The molecule has 1 amide bonds. The molecule has 2 nitrogen and oxygen atoms in total. The largest absolute Gasteiger partial charge is 0.356 e. The van der Waals surface area contributed by atoms with Gasteiger partial charge in [-0.2, -0.15) is 0 Å². The number of rotatable bonds is 3. The van der Waals surface area contributed by atoms with Crippen molar-refractivity contribution in [2.24, 2.45) is 0 Å². The number of benzene rings is 1. The SMILES string of the molecule is CC(=O)NCCC1CCc2ccc(Br)cc21. The minimum atomic E-state index is 0.0625. The summed E-state index contributed by atoms with van der Waals surface area (Å²) >= 11 is 3.51. The van der Waals surface area contributed by atoms with E-state index in [0.717, 1.165) is 17.4 Å². The molecule has 1 aromatic rings. The van der Waals surface area contributed by atoms with E-state index in [1.54, 1.807) is 6.92 Å². The number of fused-ring (bicyclic) bond motifs is 1. The molecule has 3 heteroatoms. The summed E-state index contributed by atoms with van der Waals surface area (Å²) in [5.41, 5.74) is 2.93. The smallest absolute Gasteiger partial charge is 0.216 e. The molecule has 0 heterocycles. The number of nitrogens with one attached hydrogen (secondary N) is 1. The van der Waals surface area contributed by atoms with Gasteiger partial charge in [0.15, 0.2) is 0 Å². The van der Waals surface area contributed by atoms with Gasteiger partial charge in [0, 0.05) is 17.9 Å². The zero-order valence-electron chi connectivity index (χ0n) is 9.42. The lowest BCUT2D eigenvalue weighted by molar-refractivity contribution is -0.118. The van der Waals surface area contributed by atoms with Crippen molar-refractivity contribution in [3.8, 4) is 0 Å². The number of hydrogen-bond donors (Lipinski definition) is 1. The molecular formula is C13H16BrNO. The molecule has 1 atom stereocenters. The molecule has 0 aliphatic heterocycles. The maximum Gasteiger partial charge on any atom is 0.216 e. The summed E-state index contributed by atoms with van der Waals surface area (Å²) in [5, 5.41) is 2.87. The van der Waals surface area contributed by atoms with Crippen LogP contribution in [0.5, 0.6) is 0 Å². The Morgan fingerprint density at radius 1 is 1.56 bits per heavy atom. The average Bonchev–Trinajstić information content (AvgIpc) is 2.60. The van der Waals surface area contributed by atoms with Gasteiger partial charge < -0.3 is 5.32 Å². The molecule has 86 valence electrons. The molecule has 16 heavy (non-hydrogen) atoms. The molecule has 0 radical (unpaired) electrons. The third-order valence-corrected chi connectivity index (χ3v) is 3.67. The van der Waals surface area contributed by atoms with Crippen LogP contribution in [0.25, 0.3) is 0 Å². The fourth-order valence-electron chi connectivity index (χ4n) is 2.38. The highest BCUT2D eigenvalue weighted by Crippen LogP contribution is 2.36. The van der Waals surface area contributed by atoms with E-state index in [4.69, 9.17) is 0 Å². The summed E-state index contributed by atoms with van der Waals surface area (Å²) in [7, 11) is 0. The van der Waals surface area contributed by atoms with Crippen molar-refractivity contribution < 1.29 is 4.79 Å². The van der Waals surface area contributed by atoms with Crippen molar-refractivity contribution in [2.75, 3.05) is 6.54 Å². The molecule has 2 rings (SSSR count). The molecule has 0 saturated heterocycles. The molecular weight excluding hydrogens is 266 g/mol. The number of carbonyl (C=O) groups is 1. The zero-order valence-corrected chi connectivity index (χ0v) is 11.0. The van der Waals surface area contributed by atoms with Crippen LogP contribution < -0.4 is 5.32 Å². The van der Waals surface area contributed by atoms with Crippen LogP contribution in [0, 0.1) is 0 Å². The molecule has 0 spiro atoms. The average molecular weight is 282 g/mol. The first-order valence-corrected chi connectivity index (χ1v) is 6.49. The van der Waals surface area contributed by atoms with E-state index in [1.165, 1.54) is 24.0 Å². The monoisotopic (exact) mass is 281 g/mol. The Bertz CT molecular complexity index is 403. The van der Waals surface area contributed by atoms with Crippen LogP contribution in [0.4, 0.5) is 0 Å². The van der Waals surface area contributed by atoms with Gasteiger partial charge in [0.05, 0.1) is 0 Å². The van der Waals surface area contributed by atoms with Gasteiger partial charge in [-0.1, -0.05) is 22.0 Å². The zero-order chi connectivity index (χ0) is 11.5. The Hall–Kier alpha value is -0.830. The minimum absolute atomic E-state index is 0.0625. The van der Waals surface area contributed by atoms with Crippen molar-refractivity contribution in [3.05, 3.63) is 33.8 Å². The maximum absolute atomic E-state index is 10.8. The normalized spacial score (nSPS) is 18.2. The van der Waals surface area contributed by atoms with Gasteiger partial charge in [0.1, 0.15) is 0 Å². The van der Waals surface area contributed by atoms with Gasteiger partial charge in [-0.25, -0.2) is 0 Å². The van der Waals surface area contributed by atoms with Gasteiger partial charge in [-0.3, -0.25) is 4.79 Å². The number of hydrogen-bond acceptors (Lipinski definition) is 1. The third-order valence-electron chi connectivity index (χ3n) is 3.18. The number of aryl methyl sites for hydroxylation is 1. The standard InChI is InChI=1S/C13H16BrNO/c1-9(16)15-7-6-11-3-2-10-4-5-12(14)8-13(10)11/h4-5,8,11H,2-3,6-7H2,1H3,(H,15,16). The molecule has 0 fully saturated rings. The second-order valence-electron chi connectivity index (χ2n) is 4.35. The van der Waals surface area contributed by atoms with E-state index in [0.29, 0.717) is 5.92 Å². The van der Waals surface area contributed by atoms with Gasteiger partial charge in [0.25, 0.3) is 0 Å². The Labute approximate surface area is 105 Å². The van der Waals surface area contributed by atoms with E-state index < -0.39 is 0 Å². The van der Waals surface area contributed by atoms with Crippen molar-refractivity contribution in [1.82, 2.24) is 5.32 Å². The second kappa shape index (κ2) is 5.00. The molecule has 0 bridgehead atoms. The summed E-state index contributed by atoms with van der Waals surface area (Å²) in [4.78, 5) is 10.8. The predicted octanol–water partition coefficient (Wildman–Crippen LogP) is 3.01. The minimum Gasteiger partial charge on any atom is -0.356 e. The fourth-order valence-corrected chi connectivity index (χ4v) is 2.76. The summed E-state index contributed by atoms with van der Waals surface area (Å²) in [5.74, 6) is 0.673. The Kier molecular flexibility index (Phi) is 3.64. The summed E-state index contributed by atoms with van der Waals surface area (Å²) in [6.07, 6.45) is 3.43. The van der Waals surface area contributed by atoms with Gasteiger partial charge in [-0.05, 0) is 48.4 Å². The van der Waals surface area contributed by atoms with Gasteiger partial charge in [-0.15, -0.1) is 0 Å². The summed E-state index contributed by atoms with van der Waals surface area (Å²) in [6.45, 7) is 2.35. The summed E-state index contributed by atoms with van der Waals surface area (Å²) < 4.78 is 1.15. The quantitative estimate of drug-likeness (QED) is 0.907. The van der Waals surface area contributed by atoms with E-state index in [-0.39, 0.29) is 5.91 Å². The van der Waals surface area contributed by atoms with E-state index in [9.17, 15) is 4.79 Å². The molecule has 1 aliphatic rings. The van der Waals surface area contributed by atoms with Gasteiger partial charge in [0.2, 0.25) is 5.91 Å². The lowest BCUT2D eigenvalue weighted by Crippen LogP contribution is -2.22. The van der Waals surface area contributed by atoms with Crippen LogP contribution in [-0.2, 0) is 11.2 Å². The Morgan fingerprint density at radius 3 is 3.12 bits per heavy atom. The first-order chi connectivity index (χ1) is 7.66. The first kappa shape index (κ1) is 11.6. The number of carbonyl (C=O) groups excluding carboxylic acids is 1. The van der Waals surface area contributed by atoms with E-state index >= 15 is 0 Å². The molecule has 1 N–H and O–H groups in total. The van der Waals surface area contributed by atoms with Crippen LogP contribution in [0.2, 0.25) is 0 Å². The molecule has 1 unspecified atom stereocenters. The Balaban J connectivity index is 2.00. The summed E-state index contributed by atoms with van der Waals surface area (Å²) in [6, 6.07) is 6.54. The van der Waals surface area contributed by atoms with Crippen LogP contribution in [-0.4, -0.2) is 12.5 Å². The molecule has 0 aromatic heterocycles. The van der Waals surface area contributed by atoms with Crippen LogP contribution in [0.3, 0.4) is 0 Å². The number of halogens is 1. The lowest BCUT2D eigenvalue weighted by Gasteiger charge is -2.11. The van der Waals surface area contributed by atoms with Crippen molar-refractivity contribution >= 4 is 21.8 Å². The second-order valence-corrected chi connectivity index (χ2v) is 5.27. The van der Waals surface area contributed by atoms with Crippen molar-refractivity contribution in [3.63, 3.8) is 0 Å². The van der Waals surface area contributed by atoms with E-state index in [2.05, 4.69) is 39.4 Å². The molecule has 1 aromatic carbocycles. The van der Waals surface area contributed by atoms with Crippen LogP contribution >= 0.6 is 15.9 Å². The topological polar surface area (TPSA) is 29.1 Å². The van der Waals surface area contributed by atoms with E-state index in [1.807, 2.05) is 0 Å². The van der Waals surface area contributed by atoms with Crippen LogP contribution in [0.15, 0.2) is 22.7 Å². The predicted molar refractivity (Wildman–Crippen MR) is 68.5 cm³/mol. The lowest BCUT2D eigenvalue weighted by atomic mass is 9.98. The molecule has 1 aliphatic carbocycles. The third kappa shape index (κ3) is 2.64. The first-order valence-electron chi connectivity index (χ1n) is 5.69. The molecule has 0 saturated carbocycles. The van der Waals surface area contributed by atoms with Crippen molar-refractivity contribution in [1.29, 1.82) is 0 Å².